The quantitative estimate of drug-likeness (QED) is 0.774. The van der Waals surface area contributed by atoms with Crippen LogP contribution >= 0.6 is 22.6 Å². The molecule has 0 aliphatic heterocycles. The van der Waals surface area contributed by atoms with Crippen LogP contribution in [0.25, 0.3) is 0 Å². The van der Waals surface area contributed by atoms with Gasteiger partial charge < -0.3 is 5.11 Å². The summed E-state index contributed by atoms with van der Waals surface area (Å²) in [6.45, 7) is -0.603. The molecule has 11 heavy (non-hydrogen) atoms. The maximum absolute atomic E-state index is 12.7. The average Bonchev–Trinajstić information content (AvgIpc) is 1.85. The van der Waals surface area contributed by atoms with Gasteiger partial charge in [-0.2, -0.15) is 0 Å². The summed E-state index contributed by atoms with van der Waals surface area (Å²) in [5.41, 5.74) is -0.273. The van der Waals surface area contributed by atoms with E-state index < -0.39 is 18.2 Å². The Bertz CT molecular complexity index is 252. The summed E-state index contributed by atoms with van der Waals surface area (Å²) < 4.78 is 25.9. The second kappa shape index (κ2) is 3.44. The van der Waals surface area contributed by atoms with E-state index in [1.54, 1.807) is 22.6 Å². The molecule has 0 atom stereocenters. The lowest BCUT2D eigenvalue weighted by Crippen LogP contribution is -1.95. The van der Waals surface area contributed by atoms with Crippen molar-refractivity contribution in [3.8, 4) is 0 Å². The second-order valence-electron chi connectivity index (χ2n) is 2.01. The molecule has 0 radical (unpaired) electrons. The van der Waals surface area contributed by atoms with E-state index in [-0.39, 0.29) is 5.56 Å². The molecule has 0 bridgehead atoms. The fourth-order valence-corrected chi connectivity index (χ4v) is 1.27. The molecule has 60 valence electrons. The van der Waals surface area contributed by atoms with Gasteiger partial charge in [0, 0.05) is 9.13 Å². The molecule has 0 spiro atoms. The van der Waals surface area contributed by atoms with Crippen LogP contribution in [0.2, 0.25) is 0 Å². The van der Waals surface area contributed by atoms with Crippen LogP contribution in [0.5, 0.6) is 0 Å². The third-order valence-electron chi connectivity index (χ3n) is 1.26. The molecule has 1 nitrogen and oxygen atoms in total. The topological polar surface area (TPSA) is 20.2 Å². The second-order valence-corrected chi connectivity index (χ2v) is 3.25. The van der Waals surface area contributed by atoms with E-state index in [4.69, 9.17) is 5.11 Å². The lowest BCUT2D eigenvalue weighted by molar-refractivity contribution is 0.269. The van der Waals surface area contributed by atoms with E-state index in [1.807, 2.05) is 0 Å². The Kier molecular flexibility index (Phi) is 2.78. The molecular weight excluding hydrogens is 265 g/mol. The van der Waals surface area contributed by atoms with Gasteiger partial charge in [0.05, 0.1) is 6.61 Å². The van der Waals surface area contributed by atoms with Gasteiger partial charge in [-0.1, -0.05) is 0 Å². The summed E-state index contributed by atoms with van der Waals surface area (Å²) in [5, 5.41) is 8.51. The summed E-state index contributed by atoms with van der Waals surface area (Å²) >= 11 is 1.80. The van der Waals surface area contributed by atoms with Crippen molar-refractivity contribution in [1.29, 1.82) is 0 Å². The smallest absolute Gasteiger partial charge is 0.132 e. The van der Waals surface area contributed by atoms with Crippen molar-refractivity contribution in [3.05, 3.63) is 32.9 Å². The summed E-state index contributed by atoms with van der Waals surface area (Å²) in [7, 11) is 0. The SMILES string of the molecule is OCc1c(F)cc(I)cc1F. The number of aliphatic hydroxyl groups excluding tert-OH is 1. The van der Waals surface area contributed by atoms with Gasteiger partial charge in [-0.25, -0.2) is 8.78 Å². The summed E-state index contributed by atoms with van der Waals surface area (Å²) in [5.74, 6) is -1.39. The Hall–Kier alpha value is -0.230. The molecular formula is C7H5F2IO. The normalized spacial score (nSPS) is 10.2. The van der Waals surface area contributed by atoms with Gasteiger partial charge in [-0.05, 0) is 34.7 Å². The molecule has 0 aliphatic rings. The Morgan fingerprint density at radius 3 is 2.09 bits per heavy atom. The van der Waals surface area contributed by atoms with Gasteiger partial charge in [0.25, 0.3) is 0 Å². The van der Waals surface area contributed by atoms with Crippen molar-refractivity contribution >= 4 is 22.6 Å². The predicted molar refractivity (Wildman–Crippen MR) is 45.0 cm³/mol. The number of hydrogen-bond acceptors (Lipinski definition) is 1. The highest BCUT2D eigenvalue weighted by Gasteiger charge is 2.08. The minimum absolute atomic E-state index is 0.273. The Balaban J connectivity index is 3.25. The third-order valence-corrected chi connectivity index (χ3v) is 1.89. The van der Waals surface area contributed by atoms with Crippen LogP contribution in [0.3, 0.4) is 0 Å². The highest BCUT2D eigenvalue weighted by molar-refractivity contribution is 14.1. The fourth-order valence-electron chi connectivity index (χ4n) is 0.723. The van der Waals surface area contributed by atoms with E-state index in [0.717, 1.165) is 0 Å². The maximum atomic E-state index is 12.7. The molecule has 0 aliphatic carbocycles. The van der Waals surface area contributed by atoms with E-state index in [2.05, 4.69) is 0 Å². The van der Waals surface area contributed by atoms with Crippen molar-refractivity contribution in [1.82, 2.24) is 0 Å². The molecule has 1 rings (SSSR count). The van der Waals surface area contributed by atoms with E-state index in [0.29, 0.717) is 3.57 Å². The number of halogens is 3. The van der Waals surface area contributed by atoms with Gasteiger partial charge in [0.15, 0.2) is 0 Å². The average molecular weight is 270 g/mol. The molecule has 0 saturated heterocycles. The van der Waals surface area contributed by atoms with Gasteiger partial charge in [-0.3, -0.25) is 0 Å². The van der Waals surface area contributed by atoms with E-state index >= 15 is 0 Å². The van der Waals surface area contributed by atoms with Gasteiger partial charge in [0.2, 0.25) is 0 Å². The zero-order valence-electron chi connectivity index (χ0n) is 5.44. The Morgan fingerprint density at radius 1 is 1.27 bits per heavy atom. The van der Waals surface area contributed by atoms with Crippen LogP contribution in [0.15, 0.2) is 12.1 Å². The molecule has 0 amide bonds. The highest BCUT2D eigenvalue weighted by atomic mass is 127. The largest absolute Gasteiger partial charge is 0.391 e. The first kappa shape index (κ1) is 8.86. The first-order valence-corrected chi connectivity index (χ1v) is 3.97. The molecule has 1 N–H and O–H groups in total. The lowest BCUT2D eigenvalue weighted by atomic mass is 10.2. The zero-order valence-corrected chi connectivity index (χ0v) is 7.60. The van der Waals surface area contributed by atoms with Crippen LogP contribution in [0, 0.1) is 15.2 Å². The Labute approximate surface area is 76.2 Å². The number of hydrogen-bond donors (Lipinski definition) is 1. The number of aliphatic hydroxyl groups is 1. The molecule has 0 heterocycles. The predicted octanol–water partition coefficient (Wildman–Crippen LogP) is 2.06. The van der Waals surface area contributed by atoms with Gasteiger partial charge >= 0.3 is 0 Å². The van der Waals surface area contributed by atoms with Crippen molar-refractivity contribution in [2.24, 2.45) is 0 Å². The molecule has 0 unspecified atom stereocenters. The van der Waals surface area contributed by atoms with E-state index in [9.17, 15) is 8.78 Å². The molecule has 0 fully saturated rings. The van der Waals surface area contributed by atoms with Crippen molar-refractivity contribution in [2.45, 2.75) is 6.61 Å². The van der Waals surface area contributed by atoms with Gasteiger partial charge in [-0.15, -0.1) is 0 Å². The van der Waals surface area contributed by atoms with Gasteiger partial charge in [0.1, 0.15) is 11.6 Å². The lowest BCUT2D eigenvalue weighted by Gasteiger charge is -2.00. The first-order valence-electron chi connectivity index (χ1n) is 2.89. The minimum atomic E-state index is -0.697. The van der Waals surface area contributed by atoms with Crippen molar-refractivity contribution in [2.75, 3.05) is 0 Å². The number of benzene rings is 1. The van der Waals surface area contributed by atoms with Crippen LogP contribution in [-0.2, 0) is 6.61 Å². The number of rotatable bonds is 1. The van der Waals surface area contributed by atoms with Crippen LogP contribution in [-0.4, -0.2) is 5.11 Å². The summed E-state index contributed by atoms with van der Waals surface area (Å²) in [4.78, 5) is 0. The zero-order chi connectivity index (χ0) is 8.43. The van der Waals surface area contributed by atoms with E-state index in [1.165, 1.54) is 12.1 Å². The maximum Gasteiger partial charge on any atom is 0.132 e. The highest BCUT2D eigenvalue weighted by Crippen LogP contribution is 2.16. The fraction of sp³-hybridized carbons (Fsp3) is 0.143. The van der Waals surface area contributed by atoms with Crippen LogP contribution in [0.4, 0.5) is 8.78 Å². The molecule has 1 aromatic carbocycles. The molecule has 1 aromatic rings. The van der Waals surface area contributed by atoms with Crippen LogP contribution < -0.4 is 0 Å². The molecule has 0 aromatic heterocycles. The monoisotopic (exact) mass is 270 g/mol. The van der Waals surface area contributed by atoms with Crippen molar-refractivity contribution < 1.29 is 13.9 Å². The van der Waals surface area contributed by atoms with Crippen molar-refractivity contribution in [3.63, 3.8) is 0 Å². The summed E-state index contributed by atoms with van der Waals surface area (Å²) in [6, 6.07) is 2.35. The minimum Gasteiger partial charge on any atom is -0.391 e. The molecule has 4 heteroatoms. The standard InChI is InChI=1S/C7H5F2IO/c8-6-1-4(10)2-7(9)5(6)3-11/h1-2,11H,3H2. The molecule has 0 saturated carbocycles. The van der Waals surface area contributed by atoms with Crippen LogP contribution in [0.1, 0.15) is 5.56 Å². The first-order chi connectivity index (χ1) is 5.15. The Morgan fingerprint density at radius 2 is 1.73 bits per heavy atom. The third kappa shape index (κ3) is 1.87. The summed E-state index contributed by atoms with van der Waals surface area (Å²) in [6.07, 6.45) is 0.